The van der Waals surface area contributed by atoms with Crippen LogP contribution >= 0.6 is 0 Å². The molecule has 16 heavy (non-hydrogen) atoms. The zero-order valence-electron chi connectivity index (χ0n) is 10.5. The summed E-state index contributed by atoms with van der Waals surface area (Å²) in [6, 6.07) is 0. The van der Waals surface area contributed by atoms with Gasteiger partial charge < -0.3 is 5.32 Å². The van der Waals surface area contributed by atoms with E-state index in [2.05, 4.69) is 12.2 Å². The van der Waals surface area contributed by atoms with Gasteiger partial charge in [-0.25, -0.2) is 8.42 Å². The molecular formula is C12H25NO2S. The first-order chi connectivity index (χ1) is 7.53. The van der Waals surface area contributed by atoms with Gasteiger partial charge in [0.25, 0.3) is 0 Å². The molecule has 4 heteroatoms. The maximum Gasteiger partial charge on any atom is 0.147 e. The molecule has 1 aliphatic carbocycles. The summed E-state index contributed by atoms with van der Waals surface area (Å²) in [5.41, 5.74) is 0. The fourth-order valence-corrected chi connectivity index (χ4v) is 3.32. The second kappa shape index (κ2) is 6.60. The molecule has 0 aromatic rings. The third kappa shape index (κ3) is 5.30. The van der Waals surface area contributed by atoms with Crippen LogP contribution < -0.4 is 5.32 Å². The van der Waals surface area contributed by atoms with Crippen molar-refractivity contribution in [3.8, 4) is 0 Å². The highest BCUT2D eigenvalue weighted by atomic mass is 32.2. The summed E-state index contributed by atoms with van der Waals surface area (Å²) < 4.78 is 22.3. The van der Waals surface area contributed by atoms with Crippen LogP contribution in [0.4, 0.5) is 0 Å². The molecule has 1 fully saturated rings. The normalized spacial score (nSPS) is 26.1. The van der Waals surface area contributed by atoms with Gasteiger partial charge >= 0.3 is 0 Å². The predicted octanol–water partition coefficient (Wildman–Crippen LogP) is 1.84. The minimum atomic E-state index is -2.78. The maximum atomic E-state index is 11.1. The van der Waals surface area contributed by atoms with Crippen LogP contribution in [-0.4, -0.2) is 33.5 Å². The number of hydrogen-bond donors (Lipinski definition) is 1. The Kier molecular flexibility index (Phi) is 5.76. The molecule has 0 bridgehead atoms. The lowest BCUT2D eigenvalue weighted by Gasteiger charge is -2.19. The van der Waals surface area contributed by atoms with Crippen LogP contribution in [0.5, 0.6) is 0 Å². The molecule has 0 aromatic heterocycles. The van der Waals surface area contributed by atoms with Crippen molar-refractivity contribution in [3.05, 3.63) is 0 Å². The number of hydrogen-bond acceptors (Lipinski definition) is 3. The number of sulfone groups is 1. The van der Waals surface area contributed by atoms with E-state index >= 15 is 0 Å². The molecule has 0 heterocycles. The predicted molar refractivity (Wildman–Crippen MR) is 68.3 cm³/mol. The average molecular weight is 247 g/mol. The average Bonchev–Trinajstić information content (AvgIpc) is 2.62. The van der Waals surface area contributed by atoms with Crippen LogP contribution in [-0.2, 0) is 9.84 Å². The van der Waals surface area contributed by atoms with E-state index in [1.165, 1.54) is 31.9 Å². The summed E-state index contributed by atoms with van der Waals surface area (Å²) >= 11 is 0. The van der Waals surface area contributed by atoms with Crippen LogP contribution in [0, 0.1) is 11.8 Å². The van der Waals surface area contributed by atoms with Gasteiger partial charge in [-0.15, -0.1) is 0 Å². The van der Waals surface area contributed by atoms with Crippen molar-refractivity contribution in [1.29, 1.82) is 0 Å². The highest BCUT2D eigenvalue weighted by Gasteiger charge is 2.27. The standard InChI is InChI=1S/C12H25NO2S/c1-3-8-13-10-12-6-4-5-11(12)7-9-16(2,14)15/h11-13H,3-10H2,1-2H3. The summed E-state index contributed by atoms with van der Waals surface area (Å²) in [7, 11) is -2.78. The van der Waals surface area contributed by atoms with Crippen LogP contribution in [0.25, 0.3) is 0 Å². The van der Waals surface area contributed by atoms with Crippen molar-refractivity contribution in [2.45, 2.75) is 39.0 Å². The Hall–Kier alpha value is -0.0900. The van der Waals surface area contributed by atoms with E-state index in [9.17, 15) is 8.42 Å². The SMILES string of the molecule is CCCNCC1CCCC1CCS(C)(=O)=O. The molecule has 2 unspecified atom stereocenters. The molecule has 0 amide bonds. The van der Waals surface area contributed by atoms with E-state index in [0.29, 0.717) is 17.6 Å². The van der Waals surface area contributed by atoms with Gasteiger partial charge in [0.2, 0.25) is 0 Å². The van der Waals surface area contributed by atoms with Crippen LogP contribution in [0.1, 0.15) is 39.0 Å². The van der Waals surface area contributed by atoms with Crippen molar-refractivity contribution in [3.63, 3.8) is 0 Å². The van der Waals surface area contributed by atoms with Crippen molar-refractivity contribution < 1.29 is 8.42 Å². The summed E-state index contributed by atoms with van der Waals surface area (Å²) in [5, 5.41) is 3.45. The van der Waals surface area contributed by atoms with Gasteiger partial charge in [0.05, 0.1) is 5.75 Å². The van der Waals surface area contributed by atoms with E-state index in [0.717, 1.165) is 19.5 Å². The zero-order chi connectivity index (χ0) is 12.0. The Morgan fingerprint density at radius 2 is 1.94 bits per heavy atom. The molecule has 0 aliphatic heterocycles. The summed E-state index contributed by atoms with van der Waals surface area (Å²) in [6.45, 7) is 4.32. The first-order valence-corrected chi connectivity index (χ1v) is 8.47. The van der Waals surface area contributed by atoms with Gasteiger partial charge in [-0.1, -0.05) is 19.8 Å². The smallest absolute Gasteiger partial charge is 0.147 e. The van der Waals surface area contributed by atoms with E-state index in [4.69, 9.17) is 0 Å². The Balaban J connectivity index is 2.29. The minimum Gasteiger partial charge on any atom is -0.316 e. The van der Waals surface area contributed by atoms with Crippen LogP contribution in [0.2, 0.25) is 0 Å². The van der Waals surface area contributed by atoms with Crippen molar-refractivity contribution >= 4 is 9.84 Å². The third-order valence-electron chi connectivity index (χ3n) is 3.51. The molecule has 2 atom stereocenters. The second-order valence-corrected chi connectivity index (χ2v) is 7.33. The van der Waals surface area contributed by atoms with E-state index in [-0.39, 0.29) is 0 Å². The van der Waals surface area contributed by atoms with E-state index in [1.807, 2.05) is 0 Å². The number of nitrogens with one attached hydrogen (secondary N) is 1. The Bertz CT molecular complexity index is 287. The molecule has 1 rings (SSSR count). The van der Waals surface area contributed by atoms with E-state index in [1.54, 1.807) is 0 Å². The van der Waals surface area contributed by atoms with Crippen molar-refractivity contribution in [1.82, 2.24) is 5.32 Å². The fourth-order valence-electron chi connectivity index (χ4n) is 2.59. The largest absolute Gasteiger partial charge is 0.316 e. The summed E-state index contributed by atoms with van der Waals surface area (Å²) in [6.07, 6.45) is 7.12. The molecule has 3 nitrogen and oxygen atoms in total. The quantitative estimate of drug-likeness (QED) is 0.698. The fraction of sp³-hybridized carbons (Fsp3) is 1.00. The Labute approximate surface area is 99.9 Å². The molecule has 96 valence electrons. The molecule has 1 saturated carbocycles. The Morgan fingerprint density at radius 1 is 1.25 bits per heavy atom. The molecule has 0 radical (unpaired) electrons. The molecule has 1 N–H and O–H groups in total. The molecule has 0 spiro atoms. The third-order valence-corrected chi connectivity index (χ3v) is 4.49. The highest BCUT2D eigenvalue weighted by molar-refractivity contribution is 7.90. The van der Waals surface area contributed by atoms with Crippen molar-refractivity contribution in [2.24, 2.45) is 11.8 Å². The van der Waals surface area contributed by atoms with Gasteiger partial charge in [-0.2, -0.15) is 0 Å². The molecule has 0 aromatic carbocycles. The lowest BCUT2D eigenvalue weighted by atomic mass is 9.93. The molecule has 1 aliphatic rings. The minimum absolute atomic E-state index is 0.363. The van der Waals surface area contributed by atoms with E-state index < -0.39 is 9.84 Å². The topological polar surface area (TPSA) is 46.2 Å². The highest BCUT2D eigenvalue weighted by Crippen LogP contribution is 2.33. The number of rotatable bonds is 7. The van der Waals surface area contributed by atoms with Gasteiger partial charge in [-0.05, 0) is 44.2 Å². The monoisotopic (exact) mass is 247 g/mol. The van der Waals surface area contributed by atoms with Crippen LogP contribution in [0.15, 0.2) is 0 Å². The van der Waals surface area contributed by atoms with Crippen molar-refractivity contribution in [2.75, 3.05) is 25.1 Å². The first-order valence-electron chi connectivity index (χ1n) is 6.41. The van der Waals surface area contributed by atoms with Gasteiger partial charge in [0.15, 0.2) is 0 Å². The Morgan fingerprint density at radius 3 is 2.56 bits per heavy atom. The zero-order valence-corrected chi connectivity index (χ0v) is 11.4. The second-order valence-electron chi connectivity index (χ2n) is 5.07. The maximum absolute atomic E-state index is 11.1. The van der Waals surface area contributed by atoms with Gasteiger partial charge in [0.1, 0.15) is 9.84 Å². The molecule has 0 saturated heterocycles. The lowest BCUT2D eigenvalue weighted by molar-refractivity contribution is 0.359. The van der Waals surface area contributed by atoms with Crippen LogP contribution in [0.3, 0.4) is 0 Å². The van der Waals surface area contributed by atoms with Gasteiger partial charge in [0, 0.05) is 6.26 Å². The van der Waals surface area contributed by atoms with Gasteiger partial charge in [-0.3, -0.25) is 0 Å². The lowest BCUT2D eigenvalue weighted by Crippen LogP contribution is -2.26. The summed E-state index contributed by atoms with van der Waals surface area (Å²) in [5.74, 6) is 1.69. The first kappa shape index (κ1) is 14.0. The summed E-state index contributed by atoms with van der Waals surface area (Å²) in [4.78, 5) is 0. The molecular weight excluding hydrogens is 222 g/mol.